The summed E-state index contributed by atoms with van der Waals surface area (Å²) >= 11 is 0. The zero-order valence-corrected chi connectivity index (χ0v) is 43.8. The Bertz CT molecular complexity index is 1010. The van der Waals surface area contributed by atoms with Gasteiger partial charge in [0.2, 0.25) is 0 Å². The maximum Gasteiger partial charge on any atom is 0.407 e. The molecule has 0 rings (SSSR count). The molecule has 0 spiro atoms. The number of carbonyl (C=O) groups is 1. The molecule has 0 heterocycles. The lowest BCUT2D eigenvalue weighted by Crippen LogP contribution is -2.34. The second-order valence-corrected chi connectivity index (χ2v) is 15.5. The summed E-state index contributed by atoms with van der Waals surface area (Å²) in [5.74, 6) is 0. The first-order valence-electron chi connectivity index (χ1n) is 25.2. The summed E-state index contributed by atoms with van der Waals surface area (Å²) in [6, 6.07) is 0. The third-order valence-corrected chi connectivity index (χ3v) is 8.24. The number of hydrogen-bond acceptors (Lipinski definition) is 23. The third-order valence-electron chi connectivity index (χ3n) is 8.24. The average molecular weight is 1040 g/mol. The Morgan fingerprint density at radius 1 is 0.268 bits per heavy atom. The van der Waals surface area contributed by atoms with E-state index in [1.165, 1.54) is 0 Å². The first-order chi connectivity index (χ1) is 35.0. The number of amides is 1. The maximum absolute atomic E-state index is 11.5. The van der Waals surface area contributed by atoms with Crippen LogP contribution in [0.3, 0.4) is 0 Å². The van der Waals surface area contributed by atoms with E-state index in [1.54, 1.807) is 0 Å². The van der Waals surface area contributed by atoms with Gasteiger partial charge in [0, 0.05) is 13.1 Å². The second kappa shape index (κ2) is 61.0. The maximum atomic E-state index is 11.5. The average Bonchev–Trinajstić information content (AvgIpc) is 3.35. The molecule has 0 unspecified atom stereocenters. The molecule has 0 aromatic rings. The molecule has 0 bridgehead atoms. The molecule has 426 valence electrons. The largest absolute Gasteiger partial charge is 0.444 e. The van der Waals surface area contributed by atoms with Gasteiger partial charge in [-0.05, 0) is 20.8 Å². The zero-order chi connectivity index (χ0) is 51.3. The fraction of sp³-hybridized carbons (Fsp3) is 0.979. The van der Waals surface area contributed by atoms with Crippen molar-refractivity contribution in [3.05, 3.63) is 0 Å². The molecule has 0 aromatic heterocycles. The molecule has 0 radical (unpaired) electrons. The molecule has 0 atom stereocenters. The topological polar surface area (TPSA) is 249 Å². The fourth-order valence-corrected chi connectivity index (χ4v) is 4.90. The molecule has 24 heteroatoms. The lowest BCUT2D eigenvalue weighted by atomic mass is 10.2. The van der Waals surface area contributed by atoms with Crippen LogP contribution in [0.25, 0.3) is 0 Å². The van der Waals surface area contributed by atoms with E-state index in [0.29, 0.717) is 277 Å². The van der Waals surface area contributed by atoms with E-state index in [1.807, 2.05) is 20.8 Å². The van der Waals surface area contributed by atoms with Crippen molar-refractivity contribution in [1.29, 1.82) is 0 Å². The second-order valence-electron chi connectivity index (χ2n) is 15.5. The summed E-state index contributed by atoms with van der Waals surface area (Å²) < 4.78 is 115. The minimum absolute atomic E-state index is 0.376. The van der Waals surface area contributed by atoms with E-state index >= 15 is 0 Å². The first-order valence-corrected chi connectivity index (χ1v) is 25.2. The lowest BCUT2D eigenvalue weighted by molar-refractivity contribution is -0.0314. The normalized spacial score (nSPS) is 11.8. The molecule has 3 N–H and O–H groups in total. The summed E-state index contributed by atoms with van der Waals surface area (Å²) in [5.41, 5.74) is 4.82. The number of alkyl carbamates (subject to hydrolysis) is 1. The van der Waals surface area contributed by atoms with Gasteiger partial charge in [-0.3, -0.25) is 0 Å². The number of nitrogens with two attached hydrogens (primary N) is 1. The van der Waals surface area contributed by atoms with Gasteiger partial charge >= 0.3 is 6.09 Å². The van der Waals surface area contributed by atoms with Crippen molar-refractivity contribution in [2.45, 2.75) is 26.4 Å². The van der Waals surface area contributed by atoms with Crippen molar-refractivity contribution >= 4 is 6.09 Å². The van der Waals surface area contributed by atoms with Gasteiger partial charge in [-0.1, -0.05) is 0 Å². The predicted octanol–water partition coefficient (Wildman–Crippen LogP) is 0.802. The van der Waals surface area contributed by atoms with E-state index in [4.69, 9.17) is 105 Å². The quantitative estimate of drug-likeness (QED) is 0.0800. The van der Waals surface area contributed by atoms with Gasteiger partial charge in [-0.2, -0.15) is 0 Å². The van der Waals surface area contributed by atoms with Gasteiger partial charge in [0.1, 0.15) is 5.60 Å². The van der Waals surface area contributed by atoms with Crippen molar-refractivity contribution in [1.82, 2.24) is 5.32 Å². The minimum Gasteiger partial charge on any atom is -0.444 e. The van der Waals surface area contributed by atoms with Gasteiger partial charge in [-0.15, -0.1) is 0 Å². The van der Waals surface area contributed by atoms with Gasteiger partial charge in [0.15, 0.2) is 0 Å². The van der Waals surface area contributed by atoms with Crippen molar-refractivity contribution in [2.24, 2.45) is 5.73 Å². The van der Waals surface area contributed by atoms with Gasteiger partial charge in [0.05, 0.1) is 264 Å². The van der Waals surface area contributed by atoms with Crippen molar-refractivity contribution in [3.8, 4) is 0 Å². The van der Waals surface area contributed by atoms with Crippen molar-refractivity contribution < 1.29 is 104 Å². The van der Waals surface area contributed by atoms with Gasteiger partial charge in [0.25, 0.3) is 0 Å². The standard InChI is InChI=1S/C47H96N2O22/c1-47(2,3)71-46(50)49-5-7-52-9-11-54-13-15-56-17-19-58-21-23-60-25-27-62-29-31-64-33-35-66-37-39-68-41-43-70-45-44-69-42-40-67-38-36-65-34-32-63-30-28-61-26-24-59-22-20-57-18-16-55-14-12-53-10-8-51-6-4-48/h4-45,48H2,1-3H3,(H,49,50). The molecule has 0 aliphatic rings. The minimum atomic E-state index is -0.519. The van der Waals surface area contributed by atoms with Gasteiger partial charge < -0.3 is 111 Å². The van der Waals surface area contributed by atoms with Crippen LogP contribution in [0.1, 0.15) is 20.8 Å². The highest BCUT2D eigenvalue weighted by molar-refractivity contribution is 5.67. The van der Waals surface area contributed by atoms with E-state index < -0.39 is 11.7 Å². The van der Waals surface area contributed by atoms with E-state index in [2.05, 4.69) is 5.32 Å². The summed E-state index contributed by atoms with van der Waals surface area (Å²) in [6.45, 7) is 25.9. The Balaban J connectivity index is 3.09. The molecule has 0 aliphatic heterocycles. The van der Waals surface area contributed by atoms with Crippen LogP contribution in [0.5, 0.6) is 0 Å². The molecule has 1 amide bonds. The molecule has 0 saturated heterocycles. The summed E-state index contributed by atoms with van der Waals surface area (Å²) in [5, 5.41) is 2.63. The number of nitrogens with one attached hydrogen (secondary N) is 1. The van der Waals surface area contributed by atoms with E-state index in [-0.39, 0.29) is 0 Å². The van der Waals surface area contributed by atoms with Crippen molar-refractivity contribution in [3.63, 3.8) is 0 Å². The van der Waals surface area contributed by atoms with Crippen molar-refractivity contribution in [2.75, 3.05) is 277 Å². The fourth-order valence-electron chi connectivity index (χ4n) is 4.90. The smallest absolute Gasteiger partial charge is 0.407 e. The highest BCUT2D eigenvalue weighted by Gasteiger charge is 2.15. The Labute approximate surface area is 424 Å². The summed E-state index contributed by atoms with van der Waals surface area (Å²) in [6.07, 6.45) is -0.457. The van der Waals surface area contributed by atoms with Crippen LogP contribution >= 0.6 is 0 Å². The molecular formula is C47H96N2O22. The predicted molar refractivity (Wildman–Crippen MR) is 260 cm³/mol. The lowest BCUT2D eigenvalue weighted by Gasteiger charge is -2.19. The molecular weight excluding hydrogens is 945 g/mol. The summed E-state index contributed by atoms with van der Waals surface area (Å²) in [4.78, 5) is 11.5. The number of ether oxygens (including phenoxy) is 21. The molecule has 71 heavy (non-hydrogen) atoms. The molecule has 0 saturated carbocycles. The highest BCUT2D eigenvalue weighted by Crippen LogP contribution is 2.06. The number of hydrogen-bond donors (Lipinski definition) is 2. The van der Waals surface area contributed by atoms with Crippen LogP contribution in [-0.4, -0.2) is 289 Å². The van der Waals surface area contributed by atoms with Crippen LogP contribution in [0.15, 0.2) is 0 Å². The SMILES string of the molecule is CC(C)(C)OC(=O)NCCOCCOCCOCCOCCOCCOCCOCCOCCOCCOCCOCCOCCOCCOCCOCCOCCOCCOCCOCCOCCN. The van der Waals surface area contributed by atoms with E-state index in [9.17, 15) is 4.79 Å². The Kier molecular flexibility index (Phi) is 59.6. The Morgan fingerprint density at radius 3 is 0.549 bits per heavy atom. The third kappa shape index (κ3) is 66.4. The van der Waals surface area contributed by atoms with Crippen LogP contribution < -0.4 is 11.1 Å². The van der Waals surface area contributed by atoms with Crippen LogP contribution in [-0.2, 0) is 99.5 Å². The molecule has 0 aromatic carbocycles. The van der Waals surface area contributed by atoms with Crippen LogP contribution in [0.4, 0.5) is 4.79 Å². The van der Waals surface area contributed by atoms with Gasteiger partial charge in [-0.25, -0.2) is 4.79 Å². The van der Waals surface area contributed by atoms with Crippen LogP contribution in [0.2, 0.25) is 0 Å². The Morgan fingerprint density at radius 2 is 0.408 bits per heavy atom. The molecule has 0 fully saturated rings. The first kappa shape index (κ1) is 69.4. The molecule has 24 nitrogen and oxygen atoms in total. The highest BCUT2D eigenvalue weighted by atomic mass is 16.6. The van der Waals surface area contributed by atoms with E-state index in [0.717, 1.165) is 0 Å². The Hall–Kier alpha value is -1.57. The zero-order valence-electron chi connectivity index (χ0n) is 43.8. The van der Waals surface area contributed by atoms with Crippen LogP contribution in [0, 0.1) is 0 Å². The molecule has 0 aliphatic carbocycles. The number of carbonyl (C=O) groups excluding carboxylic acids is 1. The monoisotopic (exact) mass is 1040 g/mol. The number of rotatable bonds is 62. The summed E-state index contributed by atoms with van der Waals surface area (Å²) in [7, 11) is 0.